The molecule has 1 fully saturated rings. The number of nitrogens with one attached hydrogen (secondary N) is 3. The lowest BCUT2D eigenvalue weighted by Crippen LogP contribution is -2.54. The van der Waals surface area contributed by atoms with Crippen LogP contribution in [0, 0.1) is 5.82 Å². The van der Waals surface area contributed by atoms with Gasteiger partial charge in [-0.2, -0.15) is 0 Å². The van der Waals surface area contributed by atoms with Crippen molar-refractivity contribution in [2.75, 3.05) is 13.2 Å². The first-order chi connectivity index (χ1) is 16.8. The first-order valence-electron chi connectivity index (χ1n) is 10.3. The highest BCUT2D eigenvalue weighted by molar-refractivity contribution is 6.31. The number of alkyl halides is 2. The molecule has 1 heterocycles. The van der Waals surface area contributed by atoms with Gasteiger partial charge in [0.15, 0.2) is 11.4 Å². The number of nitrogens with zero attached hydrogens (tertiary/aromatic N) is 3. The van der Waals surface area contributed by atoms with Gasteiger partial charge in [0.1, 0.15) is 18.0 Å². The van der Waals surface area contributed by atoms with Crippen molar-refractivity contribution < 1.29 is 42.1 Å². The van der Waals surface area contributed by atoms with Crippen molar-refractivity contribution in [1.29, 1.82) is 0 Å². The number of aliphatic imine (C=N–C) groups is 1. The Morgan fingerprint density at radius 3 is 2.58 bits per heavy atom. The van der Waals surface area contributed by atoms with Crippen LogP contribution in [0.1, 0.15) is 32.9 Å². The molecule has 3 rings (SSSR count). The summed E-state index contributed by atoms with van der Waals surface area (Å²) in [6.07, 6.45) is -2.05. The van der Waals surface area contributed by atoms with E-state index in [0.29, 0.717) is 0 Å². The Balaban J connectivity index is 1.59. The van der Waals surface area contributed by atoms with Crippen LogP contribution in [0.2, 0.25) is 5.02 Å². The Hall–Kier alpha value is -3.59. The predicted octanol–water partition coefficient (Wildman–Crippen LogP) is 2.72. The molecule has 1 aliphatic carbocycles. The molecule has 4 N–H and O–H groups in total. The van der Waals surface area contributed by atoms with Crippen LogP contribution in [-0.4, -0.2) is 63.6 Å². The zero-order chi connectivity index (χ0) is 26.7. The summed E-state index contributed by atoms with van der Waals surface area (Å²) >= 11 is 5.71. The van der Waals surface area contributed by atoms with E-state index in [-0.39, 0.29) is 41.3 Å². The largest absolute Gasteiger partial charge is 0.472 e. The van der Waals surface area contributed by atoms with E-state index in [0.717, 1.165) is 6.07 Å². The second-order valence-corrected chi connectivity index (χ2v) is 9.01. The fourth-order valence-corrected chi connectivity index (χ4v) is 3.08. The van der Waals surface area contributed by atoms with Crippen molar-refractivity contribution in [2.45, 2.75) is 44.3 Å². The lowest BCUT2D eigenvalue weighted by molar-refractivity contribution is -0.127. The van der Waals surface area contributed by atoms with Gasteiger partial charge in [-0.25, -0.2) is 27.6 Å². The third kappa shape index (κ3) is 6.15. The second kappa shape index (κ2) is 10.2. The Bertz CT molecular complexity index is 1170. The smallest absolute Gasteiger partial charge is 0.408 e. The summed E-state index contributed by atoms with van der Waals surface area (Å²) in [5.41, 5.74) is -1.66. The molecular weight excluding hydrogens is 513 g/mol. The molecule has 16 heteroatoms. The van der Waals surface area contributed by atoms with Gasteiger partial charge in [0, 0.05) is 0 Å². The van der Waals surface area contributed by atoms with Gasteiger partial charge < -0.3 is 20.1 Å². The fourth-order valence-electron chi connectivity index (χ4n) is 2.90. The quantitative estimate of drug-likeness (QED) is 0.173. The molecular formula is C20H22ClF3N6O6. The normalized spacial score (nSPS) is 18.8. The van der Waals surface area contributed by atoms with Gasteiger partial charge in [-0.05, 0) is 49.3 Å². The second-order valence-electron chi connectivity index (χ2n) is 8.61. The summed E-state index contributed by atoms with van der Waals surface area (Å²) in [5, 5.41) is 20.4. The summed E-state index contributed by atoms with van der Waals surface area (Å²) in [4.78, 5) is 28.4. The topological polar surface area (TPSA) is 160 Å². The molecule has 2 aromatic rings. The molecule has 0 spiro atoms. The molecule has 1 atom stereocenters. The maximum atomic E-state index is 14.0. The number of carbonyl (C=O) groups excluding carboxylic acids is 2. The van der Waals surface area contributed by atoms with Gasteiger partial charge in [0.05, 0.1) is 23.7 Å². The van der Waals surface area contributed by atoms with Crippen LogP contribution in [0.15, 0.2) is 27.8 Å². The lowest BCUT2D eigenvalue weighted by atomic mass is 10.2. The van der Waals surface area contributed by atoms with Gasteiger partial charge in [0.25, 0.3) is 17.7 Å². The van der Waals surface area contributed by atoms with E-state index in [1.807, 2.05) is 5.32 Å². The van der Waals surface area contributed by atoms with Crippen molar-refractivity contribution in [2.24, 2.45) is 4.99 Å². The summed E-state index contributed by atoms with van der Waals surface area (Å²) in [6, 6.07) is 3.52. The van der Waals surface area contributed by atoms with Gasteiger partial charge in [0.2, 0.25) is 5.69 Å². The van der Waals surface area contributed by atoms with E-state index in [2.05, 4.69) is 25.3 Å². The number of hydroxylamine groups is 1. The van der Waals surface area contributed by atoms with Crippen LogP contribution in [0.3, 0.4) is 0 Å². The maximum absolute atomic E-state index is 14.0. The van der Waals surface area contributed by atoms with Gasteiger partial charge in [-0.15, -0.1) is 0 Å². The molecule has 0 saturated heterocycles. The average Bonchev–Trinajstić information content (AvgIpc) is 3.09. The number of alkyl carbamates (subject to hydrolysis) is 1. The molecule has 1 unspecified atom stereocenters. The van der Waals surface area contributed by atoms with Gasteiger partial charge in [-0.3, -0.25) is 15.5 Å². The molecule has 1 aromatic heterocycles. The van der Waals surface area contributed by atoms with E-state index < -0.39 is 41.3 Å². The van der Waals surface area contributed by atoms with Gasteiger partial charge in [-0.1, -0.05) is 11.6 Å². The monoisotopic (exact) mass is 534 g/mol. The predicted molar refractivity (Wildman–Crippen MR) is 117 cm³/mol. The number of benzene rings is 1. The van der Waals surface area contributed by atoms with E-state index in [4.69, 9.17) is 21.1 Å². The fraction of sp³-hybridized carbons (Fsp3) is 0.450. The molecule has 1 aromatic carbocycles. The Morgan fingerprint density at radius 1 is 1.31 bits per heavy atom. The lowest BCUT2D eigenvalue weighted by Gasteiger charge is -2.23. The summed E-state index contributed by atoms with van der Waals surface area (Å²) in [5.74, 6) is -5.82. The van der Waals surface area contributed by atoms with Crippen LogP contribution in [0.4, 0.5) is 23.7 Å². The van der Waals surface area contributed by atoms with Crippen molar-refractivity contribution >= 4 is 35.1 Å². The van der Waals surface area contributed by atoms with Crippen molar-refractivity contribution in [1.82, 2.24) is 26.4 Å². The summed E-state index contributed by atoms with van der Waals surface area (Å²) in [6.45, 7) is 4.08. The minimum atomic E-state index is -3.46. The first-order valence-corrected chi connectivity index (χ1v) is 10.7. The Kier molecular flexibility index (Phi) is 7.64. The molecule has 36 heavy (non-hydrogen) atoms. The standard InChI is InChI=1S/C20H22ClF3N6O6/c1-18(2,3)35-17(32)27-19(9-20(19,23)24)16(31)25-6-7-34-15-13(29-36-30-15)14(28-33)26-10-4-5-12(22)11(21)8-10/h4-5,8,33H,6-7,9H2,1-3H3,(H,25,31)(H,26,28)(H,27,32). The average molecular weight is 535 g/mol. The number of ether oxygens (including phenoxy) is 2. The molecule has 0 bridgehead atoms. The first kappa shape index (κ1) is 27.0. The van der Waals surface area contributed by atoms with E-state index in [9.17, 15) is 28.0 Å². The molecule has 1 saturated carbocycles. The highest BCUT2D eigenvalue weighted by atomic mass is 35.5. The van der Waals surface area contributed by atoms with E-state index >= 15 is 0 Å². The van der Waals surface area contributed by atoms with Crippen LogP contribution in [0.5, 0.6) is 5.88 Å². The Morgan fingerprint density at radius 2 is 2.00 bits per heavy atom. The number of hydrogen-bond acceptors (Lipinski definition) is 9. The third-order valence-corrected chi connectivity index (χ3v) is 4.94. The van der Waals surface area contributed by atoms with E-state index in [1.54, 1.807) is 26.3 Å². The minimum Gasteiger partial charge on any atom is -0.472 e. The van der Waals surface area contributed by atoms with Crippen LogP contribution >= 0.6 is 11.6 Å². The van der Waals surface area contributed by atoms with Crippen LogP contribution < -0.4 is 20.9 Å². The number of halogens is 4. The van der Waals surface area contributed by atoms with E-state index in [1.165, 1.54) is 12.1 Å². The zero-order valence-electron chi connectivity index (χ0n) is 19.2. The van der Waals surface area contributed by atoms with Crippen molar-refractivity contribution in [3.8, 4) is 5.88 Å². The highest BCUT2D eigenvalue weighted by Crippen LogP contribution is 2.53. The van der Waals surface area contributed by atoms with Crippen molar-refractivity contribution in [3.63, 3.8) is 0 Å². The molecule has 2 amide bonds. The number of amidine groups is 1. The number of hydrogen-bond donors (Lipinski definition) is 4. The zero-order valence-corrected chi connectivity index (χ0v) is 20.0. The summed E-state index contributed by atoms with van der Waals surface area (Å²) in [7, 11) is 0. The molecule has 0 radical (unpaired) electrons. The summed E-state index contributed by atoms with van der Waals surface area (Å²) < 4.78 is 56.1. The Labute approximate surface area is 207 Å². The SMILES string of the molecule is CC(C)(C)OC(=O)NC1(C(=O)NCCOc2nonc2C(=Nc2ccc(F)c(Cl)c2)NO)CC1(F)F. The van der Waals surface area contributed by atoms with Gasteiger partial charge >= 0.3 is 6.09 Å². The molecule has 12 nitrogen and oxygen atoms in total. The van der Waals surface area contributed by atoms with Crippen molar-refractivity contribution in [3.05, 3.63) is 34.7 Å². The molecule has 196 valence electrons. The third-order valence-electron chi connectivity index (χ3n) is 4.65. The molecule has 1 aliphatic rings. The maximum Gasteiger partial charge on any atom is 0.408 e. The number of carbonyl (C=O) groups is 2. The number of amides is 2. The molecule has 0 aliphatic heterocycles. The minimum absolute atomic E-state index is 0.146. The number of aromatic nitrogens is 2. The highest BCUT2D eigenvalue weighted by Gasteiger charge is 2.77. The van der Waals surface area contributed by atoms with Crippen LogP contribution in [0.25, 0.3) is 0 Å². The number of rotatable bonds is 8. The van der Waals surface area contributed by atoms with Crippen LogP contribution in [-0.2, 0) is 9.53 Å².